The summed E-state index contributed by atoms with van der Waals surface area (Å²) < 4.78 is 5.24. The number of amides is 1. The second-order valence-corrected chi connectivity index (χ2v) is 5.62. The zero-order valence-electron chi connectivity index (χ0n) is 11.5. The van der Waals surface area contributed by atoms with Crippen molar-refractivity contribution >= 4 is 11.8 Å². The van der Waals surface area contributed by atoms with Crippen molar-refractivity contribution in [3.8, 4) is 0 Å². The van der Waals surface area contributed by atoms with Gasteiger partial charge in [0, 0.05) is 18.8 Å². The van der Waals surface area contributed by atoms with Gasteiger partial charge in [0.1, 0.15) is 5.60 Å². The van der Waals surface area contributed by atoms with Crippen LogP contribution < -0.4 is 10.6 Å². The van der Waals surface area contributed by atoms with Gasteiger partial charge in [-0.15, -0.1) is 0 Å². The number of aliphatic hydroxyl groups excluding tert-OH is 1. The highest BCUT2D eigenvalue weighted by atomic mass is 16.6. The van der Waals surface area contributed by atoms with E-state index in [9.17, 15) is 9.90 Å². The van der Waals surface area contributed by atoms with Crippen LogP contribution in [0.4, 0.5) is 10.5 Å². The molecule has 1 aromatic carbocycles. The number of anilines is 1. The van der Waals surface area contributed by atoms with Gasteiger partial charge in [0.2, 0.25) is 0 Å². The Labute approximate surface area is 113 Å². The first-order chi connectivity index (χ1) is 8.90. The molecule has 0 aliphatic carbocycles. The minimum Gasteiger partial charge on any atom is -0.444 e. The zero-order chi connectivity index (χ0) is 14.0. The lowest BCUT2D eigenvalue weighted by atomic mass is 10.0. The largest absolute Gasteiger partial charge is 0.444 e. The number of hydrogen-bond donors (Lipinski definition) is 3. The minimum atomic E-state index is -0.517. The molecule has 0 bridgehead atoms. The molecule has 3 N–H and O–H groups in total. The fourth-order valence-electron chi connectivity index (χ4n) is 2.15. The van der Waals surface area contributed by atoms with Crippen molar-refractivity contribution in [2.45, 2.75) is 46.1 Å². The maximum Gasteiger partial charge on any atom is 0.412 e. The molecule has 0 saturated heterocycles. The second kappa shape index (κ2) is 5.19. The molecule has 5 nitrogen and oxygen atoms in total. The van der Waals surface area contributed by atoms with E-state index in [4.69, 9.17) is 4.74 Å². The molecular formula is C14H20N2O3. The molecule has 19 heavy (non-hydrogen) atoms. The van der Waals surface area contributed by atoms with Gasteiger partial charge >= 0.3 is 6.09 Å². The quantitative estimate of drug-likeness (QED) is 0.765. The van der Waals surface area contributed by atoms with Gasteiger partial charge in [0.25, 0.3) is 0 Å². The molecule has 1 aliphatic heterocycles. The van der Waals surface area contributed by atoms with Crippen LogP contribution in [0.2, 0.25) is 0 Å². The molecule has 1 heterocycles. The Morgan fingerprint density at radius 3 is 2.68 bits per heavy atom. The van der Waals surface area contributed by atoms with Crippen LogP contribution in [0.15, 0.2) is 12.1 Å². The summed E-state index contributed by atoms with van der Waals surface area (Å²) in [7, 11) is 0. The average Bonchev–Trinajstić information content (AvgIpc) is 2.76. The summed E-state index contributed by atoms with van der Waals surface area (Å²) in [5.41, 5.74) is 3.21. The normalized spacial score (nSPS) is 14.1. The van der Waals surface area contributed by atoms with Crippen LogP contribution >= 0.6 is 0 Å². The molecule has 104 valence electrons. The van der Waals surface area contributed by atoms with E-state index < -0.39 is 11.7 Å². The van der Waals surface area contributed by atoms with E-state index in [-0.39, 0.29) is 6.61 Å². The Bertz CT molecular complexity index is 492. The number of hydrogen-bond acceptors (Lipinski definition) is 4. The van der Waals surface area contributed by atoms with Crippen molar-refractivity contribution in [1.29, 1.82) is 0 Å². The maximum atomic E-state index is 11.8. The van der Waals surface area contributed by atoms with Crippen molar-refractivity contribution in [2.24, 2.45) is 0 Å². The lowest BCUT2D eigenvalue weighted by molar-refractivity contribution is 0.0636. The summed E-state index contributed by atoms with van der Waals surface area (Å²) in [4.78, 5) is 11.8. The number of aliphatic hydroxyl groups is 1. The Morgan fingerprint density at radius 1 is 1.37 bits per heavy atom. The number of carbonyl (C=O) groups excluding carboxylic acids is 1. The van der Waals surface area contributed by atoms with Gasteiger partial charge in [-0.05, 0) is 43.5 Å². The Balaban J connectivity index is 2.18. The van der Waals surface area contributed by atoms with Crippen molar-refractivity contribution < 1.29 is 14.6 Å². The molecule has 0 fully saturated rings. The molecule has 0 atom stereocenters. The summed E-state index contributed by atoms with van der Waals surface area (Å²) in [6.07, 6.45) is -0.460. The Kier molecular flexibility index (Phi) is 3.78. The van der Waals surface area contributed by atoms with Gasteiger partial charge in [-0.25, -0.2) is 4.79 Å². The standard InChI is InChI=1S/C14H20N2O3/c1-14(2,3)19-13(18)16-12-5-4-9(8-17)10-6-15-7-11(10)12/h4-5,15,17H,6-8H2,1-3H3,(H,16,18). The molecule has 0 radical (unpaired) electrons. The highest BCUT2D eigenvalue weighted by Gasteiger charge is 2.21. The van der Waals surface area contributed by atoms with Crippen LogP contribution in [-0.2, 0) is 24.4 Å². The van der Waals surface area contributed by atoms with Crippen molar-refractivity contribution in [3.63, 3.8) is 0 Å². The fourth-order valence-corrected chi connectivity index (χ4v) is 2.15. The first kappa shape index (κ1) is 13.8. The number of fused-ring (bicyclic) bond motifs is 1. The van der Waals surface area contributed by atoms with E-state index in [1.165, 1.54) is 0 Å². The van der Waals surface area contributed by atoms with E-state index in [1.807, 2.05) is 26.8 Å². The van der Waals surface area contributed by atoms with Crippen LogP contribution in [0.5, 0.6) is 0 Å². The highest BCUT2D eigenvalue weighted by molar-refractivity contribution is 5.86. The van der Waals surface area contributed by atoms with Crippen LogP contribution in [0.1, 0.15) is 37.5 Å². The second-order valence-electron chi connectivity index (χ2n) is 5.62. The minimum absolute atomic E-state index is 0.0106. The molecular weight excluding hydrogens is 244 g/mol. The smallest absolute Gasteiger partial charge is 0.412 e. The molecule has 1 amide bonds. The number of benzene rings is 1. The third kappa shape index (κ3) is 3.24. The van der Waals surface area contributed by atoms with Crippen LogP contribution in [0.25, 0.3) is 0 Å². The first-order valence-electron chi connectivity index (χ1n) is 6.36. The third-order valence-corrected chi connectivity index (χ3v) is 2.94. The highest BCUT2D eigenvalue weighted by Crippen LogP contribution is 2.28. The van der Waals surface area contributed by atoms with Crippen molar-refractivity contribution in [1.82, 2.24) is 5.32 Å². The molecule has 2 rings (SSSR count). The van der Waals surface area contributed by atoms with E-state index in [1.54, 1.807) is 6.07 Å². The third-order valence-electron chi connectivity index (χ3n) is 2.94. The van der Waals surface area contributed by atoms with Crippen molar-refractivity contribution in [3.05, 3.63) is 28.8 Å². The van der Waals surface area contributed by atoms with E-state index in [0.29, 0.717) is 6.54 Å². The fraction of sp³-hybridized carbons (Fsp3) is 0.500. The Morgan fingerprint density at radius 2 is 2.05 bits per heavy atom. The predicted molar refractivity (Wildman–Crippen MR) is 72.8 cm³/mol. The van der Waals surface area contributed by atoms with Gasteiger partial charge in [0.05, 0.1) is 6.61 Å². The number of ether oxygens (including phenoxy) is 1. The maximum absolute atomic E-state index is 11.8. The topological polar surface area (TPSA) is 70.6 Å². The number of carbonyl (C=O) groups is 1. The zero-order valence-corrected chi connectivity index (χ0v) is 11.5. The van der Waals surface area contributed by atoms with Gasteiger partial charge in [0.15, 0.2) is 0 Å². The van der Waals surface area contributed by atoms with Crippen molar-refractivity contribution in [2.75, 3.05) is 5.32 Å². The summed E-state index contributed by atoms with van der Waals surface area (Å²) in [5, 5.41) is 15.3. The van der Waals surface area contributed by atoms with Gasteiger partial charge in [-0.2, -0.15) is 0 Å². The summed E-state index contributed by atoms with van der Waals surface area (Å²) in [6.45, 7) is 6.90. The molecule has 0 saturated carbocycles. The van der Waals surface area contributed by atoms with E-state index in [2.05, 4.69) is 10.6 Å². The monoisotopic (exact) mass is 264 g/mol. The average molecular weight is 264 g/mol. The molecule has 5 heteroatoms. The van der Waals surface area contributed by atoms with Crippen LogP contribution in [0, 0.1) is 0 Å². The molecule has 1 aliphatic rings. The van der Waals surface area contributed by atoms with E-state index in [0.717, 1.165) is 28.9 Å². The number of nitrogens with one attached hydrogen (secondary N) is 2. The SMILES string of the molecule is CC(C)(C)OC(=O)Nc1ccc(CO)c2c1CNC2. The molecule has 0 unspecified atom stereocenters. The molecule has 1 aromatic rings. The first-order valence-corrected chi connectivity index (χ1v) is 6.36. The molecule has 0 aromatic heterocycles. The predicted octanol–water partition coefficient (Wildman–Crippen LogP) is 2.13. The lowest BCUT2D eigenvalue weighted by Crippen LogP contribution is -2.27. The summed E-state index contributed by atoms with van der Waals surface area (Å²) in [6, 6.07) is 3.64. The molecule has 0 spiro atoms. The summed E-state index contributed by atoms with van der Waals surface area (Å²) in [5.74, 6) is 0. The summed E-state index contributed by atoms with van der Waals surface area (Å²) >= 11 is 0. The van der Waals surface area contributed by atoms with Crippen LogP contribution in [-0.4, -0.2) is 16.8 Å². The Hall–Kier alpha value is -1.59. The number of rotatable bonds is 2. The van der Waals surface area contributed by atoms with Crippen LogP contribution in [0.3, 0.4) is 0 Å². The lowest BCUT2D eigenvalue weighted by Gasteiger charge is -2.20. The van der Waals surface area contributed by atoms with Gasteiger partial charge in [-0.3, -0.25) is 5.32 Å². The van der Waals surface area contributed by atoms with E-state index >= 15 is 0 Å². The van der Waals surface area contributed by atoms with Gasteiger partial charge < -0.3 is 15.2 Å². The van der Waals surface area contributed by atoms with Gasteiger partial charge in [-0.1, -0.05) is 6.07 Å².